The van der Waals surface area contributed by atoms with Crippen molar-refractivity contribution in [1.82, 2.24) is 0 Å². The Labute approximate surface area is 76.1 Å². The topological polar surface area (TPSA) is 0 Å². The molecule has 0 aliphatic heterocycles. The zero-order valence-electron chi connectivity index (χ0n) is 3.85. The van der Waals surface area contributed by atoms with E-state index in [1.807, 2.05) is 0 Å². The molecule has 0 unspecified atom stereocenters. The van der Waals surface area contributed by atoms with Gasteiger partial charge in [-0.1, -0.05) is 0 Å². The van der Waals surface area contributed by atoms with Gasteiger partial charge in [0, 0.05) is 0 Å². The first kappa shape index (κ1) is 8.12. The van der Waals surface area contributed by atoms with Crippen LogP contribution >= 0.6 is 12.4 Å². The van der Waals surface area contributed by atoms with E-state index in [9.17, 15) is 0 Å². The number of rotatable bonds is 0. The van der Waals surface area contributed by atoms with Crippen molar-refractivity contribution >= 4 is 12.4 Å². The molecule has 0 amide bonds. The van der Waals surface area contributed by atoms with E-state index in [2.05, 4.69) is 18.2 Å². The normalized spacial score (nSPS) is 15.6. The fourth-order valence-corrected chi connectivity index (χ4v) is 1.13. The van der Waals surface area contributed by atoms with Gasteiger partial charge in [-0.15, -0.1) is 12.4 Å². The molecule has 0 aromatic carbocycles. The second-order valence-electron chi connectivity index (χ2n) is 1.32. The molecule has 0 heterocycles. The molecule has 0 bridgehead atoms. The molecule has 7 heavy (non-hydrogen) atoms. The van der Waals surface area contributed by atoms with Gasteiger partial charge >= 0.3 is 64.6 Å². The minimum atomic E-state index is 0. The van der Waals surface area contributed by atoms with Gasteiger partial charge in [-0.3, -0.25) is 0 Å². The van der Waals surface area contributed by atoms with Gasteiger partial charge < -0.3 is 0 Å². The standard InChI is InChI=1S/C5H5.ClH.Nd/c1-2-4-5-3-1;;/h1-3H,4H2;1H;. The van der Waals surface area contributed by atoms with Crippen LogP contribution in [0.2, 0.25) is 0 Å². The van der Waals surface area contributed by atoms with Gasteiger partial charge in [-0.2, -0.15) is 0 Å². The number of hydrogen-bond acceptors (Lipinski definition) is 0. The van der Waals surface area contributed by atoms with Crippen LogP contribution in [0, 0.1) is 38.8 Å². The summed E-state index contributed by atoms with van der Waals surface area (Å²) in [6.07, 6.45) is 7.75. The third-order valence-electron chi connectivity index (χ3n) is 0.771. The van der Waals surface area contributed by atoms with Crippen LogP contribution in [0.25, 0.3) is 0 Å². The molecule has 1 aliphatic carbocycles. The van der Waals surface area contributed by atoms with E-state index >= 15 is 0 Å². The molecule has 0 N–H and O–H groups in total. The molecule has 1 rings (SSSR count). The van der Waals surface area contributed by atoms with Gasteiger partial charge in [0.2, 0.25) is 0 Å². The van der Waals surface area contributed by atoms with Gasteiger partial charge in [-0.05, 0) is 0 Å². The quantitative estimate of drug-likeness (QED) is 0.611. The number of hydrogen-bond donors (Lipinski definition) is 0. The summed E-state index contributed by atoms with van der Waals surface area (Å²) in [6.45, 7) is 0. The Hall–Kier alpha value is 1.12. The van der Waals surface area contributed by atoms with Crippen molar-refractivity contribution in [1.29, 1.82) is 0 Å². The Balaban J connectivity index is 0.000000360. The summed E-state index contributed by atoms with van der Waals surface area (Å²) in [6, 6.07) is 0. The van der Waals surface area contributed by atoms with Crippen LogP contribution in [0.4, 0.5) is 0 Å². The maximum absolute atomic E-state index is 2.20. The van der Waals surface area contributed by atoms with Gasteiger partial charge in [-0.25, -0.2) is 0 Å². The van der Waals surface area contributed by atoms with Gasteiger partial charge in [0.05, 0.1) is 0 Å². The van der Waals surface area contributed by atoms with E-state index < -0.39 is 0 Å². The van der Waals surface area contributed by atoms with Crippen LogP contribution in [-0.4, -0.2) is 0 Å². The van der Waals surface area contributed by atoms with Crippen LogP contribution in [-0.2, 0) is 0 Å². The van der Waals surface area contributed by atoms with E-state index in [-0.39, 0.29) is 12.4 Å². The van der Waals surface area contributed by atoms with Gasteiger partial charge in [0.1, 0.15) is 0 Å². The predicted molar refractivity (Wildman–Crippen MR) is 29.1 cm³/mol. The second-order valence-corrected chi connectivity index (χ2v) is 3.38. The van der Waals surface area contributed by atoms with Crippen molar-refractivity contribution in [3.63, 3.8) is 0 Å². The first-order valence-corrected chi connectivity index (χ1v) is 3.57. The first-order chi connectivity index (χ1) is 2.89. The molecular formula is C5H6ClNd. The van der Waals surface area contributed by atoms with Crippen LogP contribution in [0.1, 0.15) is 6.42 Å². The molecule has 0 aromatic heterocycles. The van der Waals surface area contributed by atoms with Crippen LogP contribution in [0.5, 0.6) is 0 Å². The average Bonchev–Trinajstić information content (AvgIpc) is 1.86. The van der Waals surface area contributed by atoms with E-state index in [0.717, 1.165) is 0 Å². The Bertz CT molecular complexity index is 105. The third kappa shape index (κ3) is 2.83. The van der Waals surface area contributed by atoms with Crippen LogP contribution in [0.3, 0.4) is 0 Å². The fraction of sp³-hybridized carbons (Fsp3) is 0.200. The Morgan fingerprint density at radius 1 is 1.57 bits per heavy atom. The summed E-state index contributed by atoms with van der Waals surface area (Å²) in [7, 11) is 0. The van der Waals surface area contributed by atoms with Crippen LogP contribution in [0.15, 0.2) is 19.5 Å². The van der Waals surface area contributed by atoms with E-state index in [4.69, 9.17) is 0 Å². The van der Waals surface area contributed by atoms with Crippen molar-refractivity contribution in [2.24, 2.45) is 0 Å². The number of halogens is 1. The molecule has 0 saturated carbocycles. The maximum atomic E-state index is 2.20. The summed E-state index contributed by atoms with van der Waals surface area (Å²) < 4.78 is 1.61. The van der Waals surface area contributed by atoms with Crippen molar-refractivity contribution in [3.05, 3.63) is 19.5 Å². The molecule has 0 saturated heterocycles. The van der Waals surface area contributed by atoms with Gasteiger partial charge in [0.25, 0.3) is 0 Å². The van der Waals surface area contributed by atoms with Gasteiger partial charge in [0.15, 0.2) is 0 Å². The molecule has 0 radical (unpaired) electrons. The van der Waals surface area contributed by atoms with E-state index in [1.165, 1.54) is 45.2 Å². The summed E-state index contributed by atoms with van der Waals surface area (Å²) in [5, 5.41) is 0. The fourth-order valence-electron chi connectivity index (χ4n) is 0.447. The Morgan fingerprint density at radius 3 is 2.43 bits per heavy atom. The van der Waals surface area contributed by atoms with Crippen molar-refractivity contribution < 1.29 is 38.8 Å². The SMILES string of the molecule is Cl.[Nd][C]1=CC=CC1. The zero-order chi connectivity index (χ0) is 4.41. The van der Waals surface area contributed by atoms with Crippen molar-refractivity contribution in [2.75, 3.05) is 0 Å². The zero-order valence-corrected chi connectivity index (χ0v) is 7.87. The molecule has 0 fully saturated rings. The molecule has 1 aliphatic rings. The molecular weight excluding hydrogens is 240 g/mol. The predicted octanol–water partition coefficient (Wildman–Crippen LogP) is 1.80. The molecule has 0 atom stereocenters. The van der Waals surface area contributed by atoms with Crippen LogP contribution < -0.4 is 0 Å². The Kier molecular flexibility index (Phi) is 4.69. The Morgan fingerprint density at radius 2 is 2.29 bits per heavy atom. The summed E-state index contributed by atoms with van der Waals surface area (Å²) in [5.74, 6) is 0. The summed E-state index contributed by atoms with van der Waals surface area (Å²) in [5.41, 5.74) is 0. The molecule has 0 nitrogen and oxygen atoms in total. The van der Waals surface area contributed by atoms with Crippen molar-refractivity contribution in [2.45, 2.75) is 6.42 Å². The first-order valence-electron chi connectivity index (χ1n) is 1.97. The minimum absolute atomic E-state index is 0. The molecule has 0 aromatic rings. The summed E-state index contributed by atoms with van der Waals surface area (Å²) in [4.78, 5) is 0. The monoisotopic (exact) mass is 243 g/mol. The van der Waals surface area contributed by atoms with Crippen molar-refractivity contribution in [3.8, 4) is 0 Å². The molecule has 37 valence electrons. The van der Waals surface area contributed by atoms with E-state index in [1.54, 1.807) is 1.22 Å². The average molecular weight is 246 g/mol. The molecule has 2 heteroatoms. The summed E-state index contributed by atoms with van der Waals surface area (Å²) >= 11 is 1.25. The molecule has 0 spiro atoms. The number of allylic oxidation sites excluding steroid dienone is 4. The van der Waals surface area contributed by atoms with E-state index in [0.29, 0.717) is 0 Å². The third-order valence-corrected chi connectivity index (χ3v) is 1.96. The second kappa shape index (κ2) is 4.05.